The van der Waals surface area contributed by atoms with Gasteiger partial charge in [-0.1, -0.05) is 26.8 Å². The van der Waals surface area contributed by atoms with Gasteiger partial charge in [-0.25, -0.2) is 15.4 Å². The Hall–Kier alpha value is -4.58. The summed E-state index contributed by atoms with van der Waals surface area (Å²) in [6.45, 7) is 8.87. The van der Waals surface area contributed by atoms with Gasteiger partial charge in [-0.2, -0.15) is 13.2 Å². The number of alkyl halides is 3. The summed E-state index contributed by atoms with van der Waals surface area (Å²) in [7, 11) is 3.64. The van der Waals surface area contributed by atoms with Crippen LogP contribution in [-0.4, -0.2) is 107 Å². The number of nitrogens with zero attached hydrogens (tertiary/aromatic N) is 5. The number of aromatic nitrogens is 3. The van der Waals surface area contributed by atoms with Crippen molar-refractivity contribution >= 4 is 40.0 Å². The number of fused-ring (bicyclic) bond motifs is 8. The minimum Gasteiger partial charge on any atom is -0.476 e. The lowest BCUT2D eigenvalue weighted by molar-refractivity contribution is -0.155. The Morgan fingerprint density at radius 1 is 1.11 bits per heavy atom. The SMILES string of the molecule is CO[C@@H](C)c1nc2c(cc1-c1c3c4cc(ccc4n1CC(F)(F)F)-c1csc(n1)C[C@H](NC(=O)[C@H]1C[C@@H]1C)C(=O)N1CCC[C@H](N1)C(=O)OCC(C)(C)C3)C1(CCN(C)CC1)CO2. The summed E-state index contributed by atoms with van der Waals surface area (Å²) in [5.74, 6) is -0.546. The van der Waals surface area contributed by atoms with Crippen molar-refractivity contribution in [1.29, 1.82) is 0 Å². The number of hydrazine groups is 1. The molecule has 2 saturated heterocycles. The Kier molecular flexibility index (Phi) is 11.4. The molecule has 0 unspecified atom stereocenters. The molecule has 0 radical (unpaired) electrons. The number of esters is 1. The molecule has 5 atom stereocenters. The molecule has 4 aliphatic heterocycles. The molecular weight excluding hydrogens is 836 g/mol. The second kappa shape index (κ2) is 16.4. The van der Waals surface area contributed by atoms with E-state index in [1.165, 1.54) is 20.9 Å². The summed E-state index contributed by atoms with van der Waals surface area (Å²) in [4.78, 5) is 53.5. The van der Waals surface area contributed by atoms with Crippen LogP contribution in [0, 0.1) is 17.3 Å². The maximum absolute atomic E-state index is 15.0. The highest BCUT2D eigenvalue weighted by Gasteiger charge is 2.46. The Balaban J connectivity index is 1.22. The molecule has 17 heteroatoms. The third kappa shape index (κ3) is 8.57. The van der Waals surface area contributed by atoms with Crippen molar-refractivity contribution < 1.29 is 41.8 Å². The second-order valence-corrected chi connectivity index (χ2v) is 20.2. The molecule has 1 saturated carbocycles. The fraction of sp³-hybridized carbons (Fsp3) is 0.587. The van der Waals surface area contributed by atoms with Crippen LogP contribution in [0.4, 0.5) is 13.2 Å². The lowest BCUT2D eigenvalue weighted by atomic mass is 9.74. The largest absolute Gasteiger partial charge is 0.476 e. The van der Waals surface area contributed by atoms with Crippen molar-refractivity contribution in [1.82, 2.24) is 35.2 Å². The molecule has 1 aliphatic carbocycles. The average Bonchev–Trinajstić information content (AvgIpc) is 3.52. The lowest BCUT2D eigenvalue weighted by Gasteiger charge is -2.36. The summed E-state index contributed by atoms with van der Waals surface area (Å²) in [5.41, 5.74) is 6.57. The van der Waals surface area contributed by atoms with Crippen LogP contribution in [0.2, 0.25) is 0 Å². The van der Waals surface area contributed by atoms with Gasteiger partial charge in [0.05, 0.1) is 41.4 Å². The molecule has 1 spiro atoms. The fourth-order valence-electron chi connectivity index (χ4n) is 9.85. The van der Waals surface area contributed by atoms with Gasteiger partial charge in [-0.3, -0.25) is 19.4 Å². The summed E-state index contributed by atoms with van der Waals surface area (Å²) in [5, 5.41) is 7.48. The summed E-state index contributed by atoms with van der Waals surface area (Å²) < 4.78 is 64.5. The van der Waals surface area contributed by atoms with Crippen LogP contribution in [0.25, 0.3) is 33.4 Å². The van der Waals surface area contributed by atoms with E-state index >= 15 is 0 Å². The zero-order chi connectivity index (χ0) is 44.6. The Labute approximate surface area is 369 Å². The number of hydrogen-bond donors (Lipinski definition) is 2. The number of hydrogen-bond acceptors (Lipinski definition) is 11. The van der Waals surface area contributed by atoms with Gasteiger partial charge in [0.1, 0.15) is 18.6 Å². The molecule has 9 rings (SSSR count). The van der Waals surface area contributed by atoms with E-state index in [1.807, 2.05) is 45.2 Å². The number of rotatable bonds is 6. The minimum absolute atomic E-state index is 0.0506. The van der Waals surface area contributed by atoms with Crippen LogP contribution in [0.15, 0.2) is 29.6 Å². The highest BCUT2D eigenvalue weighted by atomic mass is 32.1. The molecule has 338 valence electrons. The van der Waals surface area contributed by atoms with Gasteiger partial charge >= 0.3 is 12.1 Å². The van der Waals surface area contributed by atoms with Gasteiger partial charge in [0, 0.05) is 69.8 Å². The minimum atomic E-state index is -4.59. The topological polar surface area (TPSA) is 140 Å². The van der Waals surface area contributed by atoms with Crippen LogP contribution < -0.4 is 15.5 Å². The highest BCUT2D eigenvalue weighted by Crippen LogP contribution is 2.50. The monoisotopic (exact) mass is 891 g/mol. The molecule has 3 aromatic heterocycles. The van der Waals surface area contributed by atoms with Gasteiger partial charge in [-0.05, 0) is 95.3 Å². The number of pyridine rings is 1. The van der Waals surface area contributed by atoms with E-state index in [0.717, 1.165) is 37.9 Å². The molecule has 3 fully saturated rings. The predicted molar refractivity (Wildman–Crippen MR) is 231 cm³/mol. The van der Waals surface area contributed by atoms with E-state index in [4.69, 9.17) is 24.2 Å². The molecule has 13 nitrogen and oxygen atoms in total. The van der Waals surface area contributed by atoms with Crippen molar-refractivity contribution in [2.24, 2.45) is 17.3 Å². The summed E-state index contributed by atoms with van der Waals surface area (Å²) >= 11 is 1.35. The van der Waals surface area contributed by atoms with Crippen LogP contribution in [-0.2, 0) is 48.7 Å². The smallest absolute Gasteiger partial charge is 0.406 e. The number of carbonyl (C=O) groups excluding carboxylic acids is 3. The molecule has 2 amide bonds. The number of thiazole rings is 1. The van der Waals surface area contributed by atoms with Crippen molar-refractivity contribution in [2.75, 3.05) is 47.0 Å². The zero-order valence-electron chi connectivity index (χ0n) is 36.7. The summed E-state index contributed by atoms with van der Waals surface area (Å²) in [6.07, 6.45) is -1.48. The van der Waals surface area contributed by atoms with Crippen molar-refractivity contribution in [3.05, 3.63) is 51.5 Å². The number of halogens is 3. The van der Waals surface area contributed by atoms with Crippen LogP contribution in [0.5, 0.6) is 5.88 Å². The first-order chi connectivity index (χ1) is 29.9. The van der Waals surface area contributed by atoms with E-state index in [2.05, 4.69) is 22.7 Å². The first-order valence-corrected chi connectivity index (χ1v) is 22.9. The van der Waals surface area contributed by atoms with Crippen molar-refractivity contribution in [3.63, 3.8) is 0 Å². The number of ether oxygens (including phenoxy) is 3. The molecular formula is C46H56F3N7O6S. The normalized spacial score (nSPS) is 25.3. The summed E-state index contributed by atoms with van der Waals surface area (Å²) in [6, 6.07) is 5.65. The number of cyclic esters (lactones) is 1. The maximum Gasteiger partial charge on any atom is 0.406 e. The van der Waals surface area contributed by atoms with Gasteiger partial charge in [-0.15, -0.1) is 11.3 Å². The third-order valence-corrected chi connectivity index (χ3v) is 14.7. The maximum atomic E-state index is 15.0. The number of benzene rings is 1. The van der Waals surface area contributed by atoms with E-state index in [-0.39, 0.29) is 48.5 Å². The van der Waals surface area contributed by atoms with E-state index in [1.54, 1.807) is 19.2 Å². The first kappa shape index (κ1) is 43.7. The average molecular weight is 892 g/mol. The Morgan fingerprint density at radius 3 is 2.59 bits per heavy atom. The second-order valence-electron chi connectivity index (χ2n) is 19.3. The highest BCUT2D eigenvalue weighted by molar-refractivity contribution is 7.10. The number of methoxy groups -OCH3 is 1. The van der Waals surface area contributed by atoms with E-state index in [9.17, 15) is 27.6 Å². The first-order valence-electron chi connectivity index (χ1n) is 22.0. The molecule has 1 aromatic carbocycles. The quantitative estimate of drug-likeness (QED) is 0.200. The van der Waals surface area contributed by atoms with Crippen LogP contribution in [0.3, 0.4) is 0 Å². The Morgan fingerprint density at radius 2 is 1.87 bits per heavy atom. The van der Waals surface area contributed by atoms with Crippen LogP contribution >= 0.6 is 11.3 Å². The van der Waals surface area contributed by atoms with Gasteiger partial charge in [0.15, 0.2) is 0 Å². The molecule has 7 heterocycles. The third-order valence-electron chi connectivity index (χ3n) is 13.8. The van der Waals surface area contributed by atoms with Crippen LogP contribution in [0.1, 0.15) is 87.7 Å². The van der Waals surface area contributed by atoms with Gasteiger partial charge in [0.25, 0.3) is 5.91 Å². The Bertz CT molecular complexity index is 2440. The van der Waals surface area contributed by atoms with E-state index < -0.39 is 42.3 Å². The number of nitrogens with one attached hydrogen (secondary N) is 2. The molecule has 4 aromatic rings. The lowest BCUT2D eigenvalue weighted by Crippen LogP contribution is -2.60. The number of likely N-dealkylation sites (tertiary alicyclic amines) is 1. The fourth-order valence-corrected chi connectivity index (χ4v) is 10.7. The standard InChI is InChI=1S/C46H56F3N7O6S/c1-25-16-28(25)40(57)51-34-19-37-50-35(21-63-37)27-9-10-36-29(17-27)31(20-44(3,4)23-62-43(59)33-8-7-13-56(53-33)42(34)58)39(55(36)22-46(47,48)49)30-18-32-41(52-38(30)26(2)60-6)61-24-45(32)11-14-54(5)15-12-45/h9-10,17-18,21,25-26,28,33-34,53H,7-8,11-16,19-20,22-24H2,1-6H3,(H,51,57)/t25-,26-,28-,33-,34-/m0/s1. The predicted octanol–water partition coefficient (Wildman–Crippen LogP) is 6.76. The number of amides is 2. The van der Waals surface area contributed by atoms with Crippen molar-refractivity contribution in [2.45, 2.75) is 109 Å². The van der Waals surface area contributed by atoms with Crippen molar-refractivity contribution in [3.8, 4) is 28.4 Å². The van der Waals surface area contributed by atoms with Gasteiger partial charge < -0.3 is 29.0 Å². The zero-order valence-corrected chi connectivity index (χ0v) is 37.5. The van der Waals surface area contributed by atoms with Gasteiger partial charge in [0.2, 0.25) is 11.8 Å². The van der Waals surface area contributed by atoms with E-state index in [0.29, 0.717) is 81.6 Å². The molecule has 5 aliphatic rings. The molecule has 63 heavy (non-hydrogen) atoms. The molecule has 2 N–H and O–H groups in total. The number of piperidine rings is 1. The number of carbonyl (C=O) groups is 3. The molecule has 6 bridgehead atoms.